The number of rotatable bonds is 4. The molecule has 0 radical (unpaired) electrons. The van der Waals surface area contributed by atoms with E-state index in [9.17, 15) is 13.6 Å². The Morgan fingerprint density at radius 1 is 1.58 bits per heavy atom. The molecule has 0 rings (SSSR count). The van der Waals surface area contributed by atoms with Crippen molar-refractivity contribution in [2.24, 2.45) is 0 Å². The molecule has 0 aromatic rings. The Hall–Kier alpha value is -0.790. The molecule has 72 valence electrons. The highest BCUT2D eigenvalue weighted by Gasteiger charge is 2.35. The summed E-state index contributed by atoms with van der Waals surface area (Å²) in [7, 11) is 0. The smallest absolute Gasteiger partial charge is 0.394 e. The van der Waals surface area contributed by atoms with Crippen molar-refractivity contribution in [3.63, 3.8) is 0 Å². The number of aliphatic hydroxyl groups excluding tert-OH is 2. The van der Waals surface area contributed by atoms with E-state index in [1.165, 1.54) is 5.32 Å². The highest BCUT2D eigenvalue weighted by molar-refractivity contribution is 5.81. The second-order valence-corrected chi connectivity index (χ2v) is 2.09. The third-order valence-electron chi connectivity index (χ3n) is 0.982. The van der Waals surface area contributed by atoms with Crippen LogP contribution in [0, 0.1) is 0 Å². The first-order valence-corrected chi connectivity index (χ1v) is 3.05. The van der Waals surface area contributed by atoms with Crippen molar-refractivity contribution < 1.29 is 28.9 Å². The summed E-state index contributed by atoms with van der Waals surface area (Å²) >= 11 is 0. The summed E-state index contributed by atoms with van der Waals surface area (Å²) in [4.78, 5) is 10.2. The molecule has 7 heteroatoms. The van der Waals surface area contributed by atoms with Crippen LogP contribution in [0.5, 0.6) is 0 Å². The highest BCUT2D eigenvalue weighted by Crippen LogP contribution is 2.06. The van der Waals surface area contributed by atoms with Gasteiger partial charge in [0, 0.05) is 6.54 Å². The molecule has 0 saturated heterocycles. The summed E-state index contributed by atoms with van der Waals surface area (Å²) in [5, 5.41) is 26.1. The van der Waals surface area contributed by atoms with Gasteiger partial charge in [-0.15, -0.1) is 0 Å². The number of halogens is 2. The quantitative estimate of drug-likeness (QED) is 0.409. The number of amides is 1. The van der Waals surface area contributed by atoms with Crippen LogP contribution in [-0.4, -0.2) is 46.6 Å². The van der Waals surface area contributed by atoms with Crippen molar-refractivity contribution in [3.05, 3.63) is 0 Å². The normalized spacial score (nSPS) is 14.1. The summed E-state index contributed by atoms with van der Waals surface area (Å²) < 4.78 is 23.3. The standard InChI is InChI=1S/C5H9F2NO4/c6-5(7,12)4(11)8-1-3(10)2-9/h3,9-10,12H,1-2H2,(H,8,11). The second kappa shape index (κ2) is 4.29. The lowest BCUT2D eigenvalue weighted by molar-refractivity contribution is -0.205. The number of hydrogen-bond acceptors (Lipinski definition) is 4. The minimum Gasteiger partial charge on any atom is -0.394 e. The Bertz CT molecular complexity index is 158. The van der Waals surface area contributed by atoms with Crippen LogP contribution >= 0.6 is 0 Å². The van der Waals surface area contributed by atoms with Gasteiger partial charge < -0.3 is 20.6 Å². The van der Waals surface area contributed by atoms with Gasteiger partial charge in [0.25, 0.3) is 0 Å². The van der Waals surface area contributed by atoms with Crippen LogP contribution in [0.1, 0.15) is 0 Å². The van der Waals surface area contributed by atoms with Gasteiger partial charge in [0.15, 0.2) is 0 Å². The monoisotopic (exact) mass is 185 g/mol. The largest absolute Gasteiger partial charge is 0.433 e. The van der Waals surface area contributed by atoms with E-state index in [4.69, 9.17) is 15.3 Å². The lowest BCUT2D eigenvalue weighted by Gasteiger charge is -2.11. The first-order valence-electron chi connectivity index (χ1n) is 3.05. The van der Waals surface area contributed by atoms with Crippen LogP contribution in [-0.2, 0) is 4.79 Å². The van der Waals surface area contributed by atoms with Gasteiger partial charge in [-0.05, 0) is 0 Å². The number of carbonyl (C=O) groups excluding carboxylic acids is 1. The SMILES string of the molecule is O=C(NCC(O)CO)C(O)(F)F. The maximum atomic E-state index is 11.7. The minimum atomic E-state index is -4.45. The van der Waals surface area contributed by atoms with E-state index in [1.54, 1.807) is 0 Å². The van der Waals surface area contributed by atoms with Crippen molar-refractivity contribution in [1.29, 1.82) is 0 Å². The van der Waals surface area contributed by atoms with E-state index < -0.39 is 31.3 Å². The van der Waals surface area contributed by atoms with E-state index in [2.05, 4.69) is 0 Å². The first-order chi connectivity index (χ1) is 5.38. The zero-order valence-electron chi connectivity index (χ0n) is 6.00. The summed E-state index contributed by atoms with van der Waals surface area (Å²) in [5.74, 6) is -1.91. The number of nitrogens with one attached hydrogen (secondary N) is 1. The Morgan fingerprint density at radius 3 is 2.42 bits per heavy atom. The molecule has 0 bridgehead atoms. The van der Waals surface area contributed by atoms with Crippen LogP contribution in [0.4, 0.5) is 8.78 Å². The number of alkyl halides is 2. The summed E-state index contributed by atoms with van der Waals surface area (Å²) in [6, 6.07) is 0. The van der Waals surface area contributed by atoms with Gasteiger partial charge in [0.05, 0.1) is 12.7 Å². The average molecular weight is 185 g/mol. The summed E-state index contributed by atoms with van der Waals surface area (Å²) in [6.07, 6.45) is -5.76. The first kappa shape index (κ1) is 11.2. The molecule has 0 saturated carbocycles. The predicted molar refractivity (Wildman–Crippen MR) is 33.3 cm³/mol. The molecule has 12 heavy (non-hydrogen) atoms. The van der Waals surface area contributed by atoms with Gasteiger partial charge in [-0.25, -0.2) is 0 Å². The molecule has 0 aliphatic carbocycles. The van der Waals surface area contributed by atoms with Crippen molar-refractivity contribution in [3.8, 4) is 0 Å². The molecule has 0 aliphatic heterocycles. The Balaban J connectivity index is 3.73. The molecule has 4 N–H and O–H groups in total. The predicted octanol–water partition coefficient (Wildman–Crippen LogP) is -1.96. The number of aliphatic hydroxyl groups is 3. The van der Waals surface area contributed by atoms with E-state index in [1.807, 2.05) is 0 Å². The van der Waals surface area contributed by atoms with Crippen LogP contribution < -0.4 is 5.32 Å². The van der Waals surface area contributed by atoms with Crippen LogP contribution in [0.2, 0.25) is 0 Å². The van der Waals surface area contributed by atoms with E-state index in [-0.39, 0.29) is 0 Å². The molecule has 0 aromatic heterocycles. The van der Waals surface area contributed by atoms with Gasteiger partial charge in [-0.2, -0.15) is 8.78 Å². The molecule has 0 aromatic carbocycles. The Kier molecular flexibility index (Phi) is 4.01. The van der Waals surface area contributed by atoms with Gasteiger partial charge in [0.1, 0.15) is 0 Å². The lowest BCUT2D eigenvalue weighted by atomic mass is 10.4. The Labute approximate surface area is 66.6 Å². The fourth-order valence-electron chi connectivity index (χ4n) is 0.381. The maximum Gasteiger partial charge on any atom is 0.433 e. The second-order valence-electron chi connectivity index (χ2n) is 2.09. The van der Waals surface area contributed by atoms with Crippen LogP contribution in [0.25, 0.3) is 0 Å². The number of hydrogen-bond donors (Lipinski definition) is 4. The topological polar surface area (TPSA) is 89.8 Å². The molecule has 0 heterocycles. The zero-order chi connectivity index (χ0) is 9.78. The van der Waals surface area contributed by atoms with Crippen molar-refractivity contribution in [2.75, 3.05) is 13.2 Å². The molecule has 0 spiro atoms. The van der Waals surface area contributed by atoms with E-state index in [0.29, 0.717) is 0 Å². The van der Waals surface area contributed by atoms with Crippen molar-refractivity contribution in [2.45, 2.75) is 12.2 Å². The molecule has 1 amide bonds. The van der Waals surface area contributed by atoms with E-state index in [0.717, 1.165) is 0 Å². The van der Waals surface area contributed by atoms with E-state index >= 15 is 0 Å². The zero-order valence-corrected chi connectivity index (χ0v) is 6.00. The average Bonchev–Trinajstić information content (AvgIpc) is 1.97. The maximum absolute atomic E-state index is 11.7. The van der Waals surface area contributed by atoms with Gasteiger partial charge in [-0.3, -0.25) is 4.79 Å². The third kappa shape index (κ3) is 4.16. The fraction of sp³-hybridized carbons (Fsp3) is 0.800. The lowest BCUT2D eigenvalue weighted by Crippen LogP contribution is -2.43. The van der Waals surface area contributed by atoms with Crippen molar-refractivity contribution >= 4 is 5.91 Å². The van der Waals surface area contributed by atoms with Gasteiger partial charge >= 0.3 is 12.0 Å². The molecular formula is C5H9F2NO4. The summed E-state index contributed by atoms with van der Waals surface area (Å²) in [5.41, 5.74) is 0. The molecule has 0 fully saturated rings. The number of carbonyl (C=O) groups is 1. The van der Waals surface area contributed by atoms with Crippen LogP contribution in [0.15, 0.2) is 0 Å². The molecule has 1 atom stereocenters. The minimum absolute atomic E-state index is 0.536. The Morgan fingerprint density at radius 2 is 2.08 bits per heavy atom. The molecule has 1 unspecified atom stereocenters. The summed E-state index contributed by atoms with van der Waals surface area (Å²) in [6.45, 7) is -1.19. The molecule has 5 nitrogen and oxygen atoms in total. The highest BCUT2D eigenvalue weighted by atomic mass is 19.3. The molecule has 0 aliphatic rings. The van der Waals surface area contributed by atoms with Crippen molar-refractivity contribution in [1.82, 2.24) is 5.32 Å². The third-order valence-corrected chi connectivity index (χ3v) is 0.982. The van der Waals surface area contributed by atoms with Crippen LogP contribution in [0.3, 0.4) is 0 Å². The molecular weight excluding hydrogens is 176 g/mol. The van der Waals surface area contributed by atoms with Gasteiger partial charge in [0.2, 0.25) is 0 Å². The van der Waals surface area contributed by atoms with Gasteiger partial charge in [-0.1, -0.05) is 0 Å². The fourth-order valence-corrected chi connectivity index (χ4v) is 0.381.